The lowest BCUT2D eigenvalue weighted by molar-refractivity contribution is -0.144. The number of carbonyl (C=O) groups is 1. The fraction of sp³-hybridized carbons (Fsp3) is 0.941. The molecule has 2 saturated carbocycles. The van der Waals surface area contributed by atoms with E-state index < -0.39 is 0 Å². The molecule has 1 amide bonds. The van der Waals surface area contributed by atoms with Crippen LogP contribution in [0.5, 0.6) is 0 Å². The average molecular weight is 278 g/mol. The molecule has 0 aromatic rings. The Bertz CT molecular complexity index is 337. The first-order valence-electron chi connectivity index (χ1n) is 8.70. The molecule has 3 nitrogen and oxygen atoms in total. The van der Waals surface area contributed by atoms with Gasteiger partial charge in [-0.25, -0.2) is 0 Å². The lowest BCUT2D eigenvalue weighted by Crippen LogP contribution is -2.50. The fourth-order valence-electron chi connectivity index (χ4n) is 3.87. The van der Waals surface area contributed by atoms with E-state index in [2.05, 4.69) is 17.1 Å². The number of hydrogen-bond acceptors (Lipinski definition) is 2. The Labute approximate surface area is 123 Å². The van der Waals surface area contributed by atoms with E-state index in [-0.39, 0.29) is 5.41 Å². The van der Waals surface area contributed by atoms with E-state index in [0.29, 0.717) is 11.9 Å². The van der Waals surface area contributed by atoms with E-state index in [0.717, 1.165) is 44.7 Å². The minimum atomic E-state index is -0.0491. The molecule has 0 aromatic heterocycles. The van der Waals surface area contributed by atoms with Gasteiger partial charge in [0.25, 0.3) is 0 Å². The molecule has 0 unspecified atom stereocenters. The molecule has 3 fully saturated rings. The van der Waals surface area contributed by atoms with Gasteiger partial charge in [0.1, 0.15) is 0 Å². The predicted molar refractivity (Wildman–Crippen MR) is 81.5 cm³/mol. The van der Waals surface area contributed by atoms with Crippen molar-refractivity contribution in [2.45, 2.75) is 70.8 Å². The van der Waals surface area contributed by atoms with Crippen molar-refractivity contribution >= 4 is 5.91 Å². The van der Waals surface area contributed by atoms with Crippen LogP contribution in [0.3, 0.4) is 0 Å². The Balaban J connectivity index is 1.45. The molecule has 0 radical (unpaired) electrons. The molecule has 2 aliphatic carbocycles. The Morgan fingerprint density at radius 1 is 1.10 bits per heavy atom. The SMILES string of the molecule is CC1(C(=O)N2CCC(NCC3CC3)CC2)CCCCC1. The van der Waals surface area contributed by atoms with Crippen LogP contribution >= 0.6 is 0 Å². The molecule has 0 spiro atoms. The largest absolute Gasteiger partial charge is 0.342 e. The number of carbonyl (C=O) groups excluding carboxylic acids is 1. The summed E-state index contributed by atoms with van der Waals surface area (Å²) in [6.07, 6.45) is 11.1. The van der Waals surface area contributed by atoms with Gasteiger partial charge in [0.2, 0.25) is 5.91 Å². The first-order valence-corrected chi connectivity index (χ1v) is 8.70. The van der Waals surface area contributed by atoms with Crippen LogP contribution < -0.4 is 5.32 Å². The van der Waals surface area contributed by atoms with Crippen LogP contribution in [0.25, 0.3) is 0 Å². The van der Waals surface area contributed by atoms with Crippen LogP contribution in [0.15, 0.2) is 0 Å². The van der Waals surface area contributed by atoms with Crippen LogP contribution in [0.1, 0.15) is 64.7 Å². The number of nitrogens with zero attached hydrogens (tertiary/aromatic N) is 1. The van der Waals surface area contributed by atoms with Gasteiger partial charge >= 0.3 is 0 Å². The van der Waals surface area contributed by atoms with Crippen molar-refractivity contribution in [2.75, 3.05) is 19.6 Å². The van der Waals surface area contributed by atoms with Crippen LogP contribution in [-0.2, 0) is 4.79 Å². The lowest BCUT2D eigenvalue weighted by Gasteiger charge is -2.40. The smallest absolute Gasteiger partial charge is 0.228 e. The molecule has 1 heterocycles. The Hall–Kier alpha value is -0.570. The zero-order chi connectivity index (χ0) is 14.0. The molecule has 114 valence electrons. The summed E-state index contributed by atoms with van der Waals surface area (Å²) in [6.45, 7) is 5.34. The van der Waals surface area contributed by atoms with Crippen molar-refractivity contribution in [1.82, 2.24) is 10.2 Å². The van der Waals surface area contributed by atoms with Gasteiger partial charge in [-0.2, -0.15) is 0 Å². The summed E-state index contributed by atoms with van der Waals surface area (Å²) >= 11 is 0. The van der Waals surface area contributed by atoms with Crippen LogP contribution in [0, 0.1) is 11.3 Å². The normalized spacial score (nSPS) is 27.6. The maximum Gasteiger partial charge on any atom is 0.228 e. The predicted octanol–water partition coefficient (Wildman–Crippen LogP) is 2.95. The average Bonchev–Trinajstić information content (AvgIpc) is 3.30. The van der Waals surface area contributed by atoms with Crippen molar-refractivity contribution in [2.24, 2.45) is 11.3 Å². The minimum Gasteiger partial charge on any atom is -0.342 e. The molecule has 1 N–H and O–H groups in total. The number of nitrogens with one attached hydrogen (secondary N) is 1. The minimum absolute atomic E-state index is 0.0491. The van der Waals surface area contributed by atoms with Gasteiger partial charge in [-0.3, -0.25) is 4.79 Å². The van der Waals surface area contributed by atoms with Crippen LogP contribution in [0.4, 0.5) is 0 Å². The van der Waals surface area contributed by atoms with E-state index in [1.54, 1.807) is 0 Å². The van der Waals surface area contributed by atoms with E-state index in [1.165, 1.54) is 38.6 Å². The zero-order valence-corrected chi connectivity index (χ0v) is 13.0. The second-order valence-electron chi connectivity index (χ2n) is 7.54. The van der Waals surface area contributed by atoms with Crippen molar-refractivity contribution in [3.05, 3.63) is 0 Å². The van der Waals surface area contributed by atoms with Crippen molar-refractivity contribution in [3.63, 3.8) is 0 Å². The van der Waals surface area contributed by atoms with E-state index in [4.69, 9.17) is 0 Å². The number of piperidine rings is 1. The standard InChI is InChI=1S/C17H30N2O/c1-17(9-3-2-4-10-17)16(20)19-11-7-15(8-12-19)18-13-14-5-6-14/h14-15,18H,2-13H2,1H3. The molecule has 1 aliphatic heterocycles. The highest BCUT2D eigenvalue weighted by molar-refractivity contribution is 5.82. The van der Waals surface area contributed by atoms with E-state index in [1.807, 2.05) is 0 Å². The first-order chi connectivity index (χ1) is 9.67. The molecule has 3 aliphatic rings. The van der Waals surface area contributed by atoms with Crippen molar-refractivity contribution < 1.29 is 4.79 Å². The topological polar surface area (TPSA) is 32.3 Å². The Kier molecular flexibility index (Phi) is 4.34. The van der Waals surface area contributed by atoms with Crippen molar-refractivity contribution in [3.8, 4) is 0 Å². The zero-order valence-electron chi connectivity index (χ0n) is 13.0. The lowest BCUT2D eigenvalue weighted by atomic mass is 9.74. The molecule has 0 aromatic carbocycles. The molecule has 20 heavy (non-hydrogen) atoms. The van der Waals surface area contributed by atoms with Gasteiger partial charge in [-0.05, 0) is 51.0 Å². The Morgan fingerprint density at radius 2 is 1.75 bits per heavy atom. The monoisotopic (exact) mass is 278 g/mol. The third-order valence-electron chi connectivity index (χ3n) is 5.65. The van der Waals surface area contributed by atoms with Gasteiger partial charge in [-0.1, -0.05) is 26.2 Å². The molecule has 1 saturated heterocycles. The summed E-state index contributed by atoms with van der Waals surface area (Å²) in [4.78, 5) is 14.9. The highest BCUT2D eigenvalue weighted by Crippen LogP contribution is 2.38. The molecule has 3 rings (SSSR count). The molecule has 0 bridgehead atoms. The highest BCUT2D eigenvalue weighted by Gasteiger charge is 2.38. The number of rotatable bonds is 4. The van der Waals surface area contributed by atoms with Gasteiger partial charge in [0, 0.05) is 24.5 Å². The summed E-state index contributed by atoms with van der Waals surface area (Å²) in [5.41, 5.74) is -0.0491. The molecular weight excluding hydrogens is 248 g/mol. The third-order valence-corrected chi connectivity index (χ3v) is 5.65. The molecule has 3 heteroatoms. The summed E-state index contributed by atoms with van der Waals surface area (Å²) in [6, 6.07) is 0.652. The number of likely N-dealkylation sites (tertiary alicyclic amines) is 1. The maximum atomic E-state index is 12.8. The van der Waals surface area contributed by atoms with Gasteiger partial charge in [0.15, 0.2) is 0 Å². The molecule has 0 atom stereocenters. The summed E-state index contributed by atoms with van der Waals surface area (Å²) < 4.78 is 0. The summed E-state index contributed by atoms with van der Waals surface area (Å²) in [7, 11) is 0. The molecular formula is C17H30N2O. The highest BCUT2D eigenvalue weighted by atomic mass is 16.2. The van der Waals surface area contributed by atoms with Crippen LogP contribution in [0.2, 0.25) is 0 Å². The fourth-order valence-corrected chi connectivity index (χ4v) is 3.87. The quantitative estimate of drug-likeness (QED) is 0.857. The van der Waals surface area contributed by atoms with Gasteiger partial charge < -0.3 is 10.2 Å². The second-order valence-corrected chi connectivity index (χ2v) is 7.54. The van der Waals surface area contributed by atoms with E-state index in [9.17, 15) is 4.79 Å². The van der Waals surface area contributed by atoms with Crippen LogP contribution in [-0.4, -0.2) is 36.5 Å². The second kappa shape index (κ2) is 6.05. The number of hydrogen-bond donors (Lipinski definition) is 1. The van der Waals surface area contributed by atoms with E-state index >= 15 is 0 Å². The maximum absolute atomic E-state index is 12.8. The summed E-state index contributed by atoms with van der Waals surface area (Å²) in [5.74, 6) is 1.40. The number of amides is 1. The van der Waals surface area contributed by atoms with Crippen molar-refractivity contribution in [1.29, 1.82) is 0 Å². The van der Waals surface area contributed by atoms with Gasteiger partial charge in [0.05, 0.1) is 0 Å². The first kappa shape index (κ1) is 14.4. The Morgan fingerprint density at radius 3 is 2.35 bits per heavy atom. The van der Waals surface area contributed by atoms with Gasteiger partial charge in [-0.15, -0.1) is 0 Å². The summed E-state index contributed by atoms with van der Waals surface area (Å²) in [5, 5.41) is 3.69. The third kappa shape index (κ3) is 3.36.